The molecule has 0 bridgehead atoms. The summed E-state index contributed by atoms with van der Waals surface area (Å²) >= 11 is 1.62. The molecule has 5 heteroatoms. The van der Waals surface area contributed by atoms with Crippen molar-refractivity contribution < 1.29 is 10.2 Å². The van der Waals surface area contributed by atoms with E-state index in [-0.39, 0.29) is 13.2 Å². The highest BCUT2D eigenvalue weighted by Crippen LogP contribution is 2.17. The lowest BCUT2D eigenvalue weighted by molar-refractivity contribution is 0.157. The molecule has 4 nitrogen and oxygen atoms in total. The van der Waals surface area contributed by atoms with Gasteiger partial charge in [0.25, 0.3) is 0 Å². The van der Waals surface area contributed by atoms with Gasteiger partial charge < -0.3 is 15.9 Å². The van der Waals surface area contributed by atoms with E-state index in [1.165, 1.54) is 4.88 Å². The van der Waals surface area contributed by atoms with Gasteiger partial charge in [-0.1, -0.05) is 11.8 Å². The number of hydrogen-bond donors (Lipinski definition) is 3. The zero-order valence-electron chi connectivity index (χ0n) is 9.72. The highest BCUT2D eigenvalue weighted by molar-refractivity contribution is 7.12. The Balaban J connectivity index is 2.56. The molecule has 94 valence electrons. The smallest absolute Gasteiger partial charge is 0.0772 e. The second kappa shape index (κ2) is 8.23. The first-order chi connectivity index (χ1) is 8.30. The summed E-state index contributed by atoms with van der Waals surface area (Å²) in [6.45, 7) is 2.45. The molecule has 4 N–H and O–H groups in total. The number of aliphatic hydroxyl groups is 2. The van der Waals surface area contributed by atoms with Gasteiger partial charge in [0.05, 0.1) is 24.6 Å². The second-order valence-electron chi connectivity index (χ2n) is 3.50. The van der Waals surface area contributed by atoms with E-state index in [2.05, 4.69) is 11.8 Å². The molecule has 1 aromatic rings. The maximum Gasteiger partial charge on any atom is 0.0772 e. The minimum atomic E-state index is 0.102. The van der Waals surface area contributed by atoms with Gasteiger partial charge in [-0.15, -0.1) is 11.3 Å². The summed E-state index contributed by atoms with van der Waals surface area (Å²) in [7, 11) is 0. The number of rotatable bonds is 6. The Hall–Kier alpha value is -0.900. The third-order valence-electron chi connectivity index (χ3n) is 2.19. The zero-order chi connectivity index (χ0) is 12.5. The van der Waals surface area contributed by atoms with Gasteiger partial charge in [0.1, 0.15) is 0 Å². The predicted octanol–water partition coefficient (Wildman–Crippen LogP) is -0.155. The van der Waals surface area contributed by atoms with Crippen LogP contribution in [0.25, 0.3) is 0 Å². The molecule has 0 aliphatic rings. The fourth-order valence-electron chi connectivity index (χ4n) is 1.44. The summed E-state index contributed by atoms with van der Waals surface area (Å²) in [6, 6.07) is 3.99. The van der Waals surface area contributed by atoms with Gasteiger partial charge in [0, 0.05) is 24.5 Å². The predicted molar refractivity (Wildman–Crippen MR) is 69.7 cm³/mol. The maximum atomic E-state index is 8.91. The van der Waals surface area contributed by atoms with E-state index in [4.69, 9.17) is 15.9 Å². The second-order valence-corrected chi connectivity index (χ2v) is 4.66. The Morgan fingerprint density at radius 2 is 1.94 bits per heavy atom. The van der Waals surface area contributed by atoms with Crippen LogP contribution in [0.1, 0.15) is 9.75 Å². The van der Waals surface area contributed by atoms with Crippen molar-refractivity contribution in [3.05, 3.63) is 21.9 Å². The molecule has 0 radical (unpaired) electrons. The number of thiophene rings is 1. The Morgan fingerprint density at radius 3 is 2.53 bits per heavy atom. The van der Waals surface area contributed by atoms with E-state index >= 15 is 0 Å². The zero-order valence-corrected chi connectivity index (χ0v) is 10.5. The highest BCUT2D eigenvalue weighted by atomic mass is 32.1. The molecule has 1 heterocycles. The van der Waals surface area contributed by atoms with E-state index in [1.807, 2.05) is 17.0 Å². The van der Waals surface area contributed by atoms with E-state index in [1.54, 1.807) is 11.3 Å². The molecule has 0 spiro atoms. The molecule has 0 saturated heterocycles. The summed E-state index contributed by atoms with van der Waals surface area (Å²) in [5.41, 5.74) is 5.31. The van der Waals surface area contributed by atoms with Crippen LogP contribution in [-0.4, -0.2) is 48.0 Å². The first kappa shape index (κ1) is 14.2. The monoisotopic (exact) mass is 254 g/mol. The van der Waals surface area contributed by atoms with Crippen molar-refractivity contribution in [3.63, 3.8) is 0 Å². The lowest BCUT2D eigenvalue weighted by Crippen LogP contribution is -2.28. The summed E-state index contributed by atoms with van der Waals surface area (Å²) in [6.07, 6.45) is 0. The number of nitrogens with two attached hydrogens (primary N) is 1. The van der Waals surface area contributed by atoms with E-state index < -0.39 is 0 Å². The van der Waals surface area contributed by atoms with E-state index in [0.29, 0.717) is 19.6 Å². The van der Waals surface area contributed by atoms with Crippen molar-refractivity contribution in [3.8, 4) is 11.8 Å². The molecule has 0 aromatic carbocycles. The van der Waals surface area contributed by atoms with Crippen molar-refractivity contribution in [1.82, 2.24) is 4.90 Å². The Bertz CT molecular complexity index is 375. The van der Waals surface area contributed by atoms with Crippen LogP contribution >= 0.6 is 11.3 Å². The average molecular weight is 254 g/mol. The normalized spacial score (nSPS) is 10.4. The molecule has 0 aliphatic carbocycles. The number of nitrogens with zero attached hydrogens (tertiary/aromatic N) is 1. The van der Waals surface area contributed by atoms with Crippen LogP contribution < -0.4 is 5.73 Å². The molecule has 0 aliphatic heterocycles. The van der Waals surface area contributed by atoms with E-state index in [9.17, 15) is 0 Å². The first-order valence-corrected chi connectivity index (χ1v) is 6.33. The quantitative estimate of drug-likeness (QED) is 0.617. The number of hydrogen-bond acceptors (Lipinski definition) is 5. The molecule has 0 fully saturated rings. The van der Waals surface area contributed by atoms with Crippen LogP contribution in [0.3, 0.4) is 0 Å². The standard InChI is InChI=1S/C12H18N2O2S/c13-5-1-2-11-3-4-12(17-11)10-14(6-8-15)7-9-16/h3-4,15-16H,5-10,13H2. The average Bonchev–Trinajstić information content (AvgIpc) is 2.75. The van der Waals surface area contributed by atoms with Gasteiger partial charge in [-0.25, -0.2) is 0 Å². The van der Waals surface area contributed by atoms with Crippen LogP contribution in [0, 0.1) is 11.8 Å². The van der Waals surface area contributed by atoms with Crippen molar-refractivity contribution in [1.29, 1.82) is 0 Å². The Kier molecular flexibility index (Phi) is 6.86. The molecule has 1 rings (SSSR count). The third kappa shape index (κ3) is 5.31. The minimum absolute atomic E-state index is 0.102. The highest BCUT2D eigenvalue weighted by Gasteiger charge is 2.06. The van der Waals surface area contributed by atoms with Crippen LogP contribution in [-0.2, 0) is 6.54 Å². The molecule has 17 heavy (non-hydrogen) atoms. The fourth-order valence-corrected chi connectivity index (χ4v) is 2.37. The van der Waals surface area contributed by atoms with Gasteiger partial charge in [-0.3, -0.25) is 4.90 Å². The molecule has 0 saturated carbocycles. The van der Waals surface area contributed by atoms with Crippen molar-refractivity contribution in [2.45, 2.75) is 6.54 Å². The van der Waals surface area contributed by atoms with Gasteiger partial charge in [0.2, 0.25) is 0 Å². The van der Waals surface area contributed by atoms with Crippen LogP contribution in [0.15, 0.2) is 12.1 Å². The first-order valence-electron chi connectivity index (χ1n) is 5.52. The minimum Gasteiger partial charge on any atom is -0.395 e. The van der Waals surface area contributed by atoms with E-state index in [0.717, 1.165) is 11.4 Å². The lowest BCUT2D eigenvalue weighted by atomic mass is 10.3. The van der Waals surface area contributed by atoms with Crippen LogP contribution in [0.5, 0.6) is 0 Å². The summed E-state index contributed by atoms with van der Waals surface area (Å²) in [5.74, 6) is 5.80. The lowest BCUT2D eigenvalue weighted by Gasteiger charge is -2.18. The van der Waals surface area contributed by atoms with Crippen molar-refractivity contribution in [2.24, 2.45) is 5.73 Å². The maximum absolute atomic E-state index is 8.91. The van der Waals surface area contributed by atoms with Gasteiger partial charge in [0.15, 0.2) is 0 Å². The fraction of sp³-hybridized carbons (Fsp3) is 0.500. The van der Waals surface area contributed by atoms with Crippen molar-refractivity contribution in [2.75, 3.05) is 32.8 Å². The Morgan fingerprint density at radius 1 is 1.24 bits per heavy atom. The third-order valence-corrected chi connectivity index (χ3v) is 3.17. The molecule has 0 amide bonds. The van der Waals surface area contributed by atoms with Crippen LogP contribution in [0.2, 0.25) is 0 Å². The number of aliphatic hydroxyl groups excluding tert-OH is 2. The molecule has 0 unspecified atom stereocenters. The summed E-state index contributed by atoms with van der Waals surface area (Å²) in [5, 5.41) is 17.8. The topological polar surface area (TPSA) is 69.7 Å². The largest absolute Gasteiger partial charge is 0.395 e. The van der Waals surface area contributed by atoms with Crippen molar-refractivity contribution >= 4 is 11.3 Å². The van der Waals surface area contributed by atoms with Gasteiger partial charge in [-0.05, 0) is 12.1 Å². The molecular weight excluding hydrogens is 236 g/mol. The summed E-state index contributed by atoms with van der Waals surface area (Å²) < 4.78 is 0. The molecule has 1 aromatic heterocycles. The van der Waals surface area contributed by atoms with Gasteiger partial charge in [-0.2, -0.15) is 0 Å². The molecule has 0 atom stereocenters. The van der Waals surface area contributed by atoms with Crippen LogP contribution in [0.4, 0.5) is 0 Å². The summed E-state index contributed by atoms with van der Waals surface area (Å²) in [4.78, 5) is 4.18. The molecular formula is C12H18N2O2S. The Labute approximate surface area is 106 Å². The SMILES string of the molecule is NCC#Cc1ccc(CN(CCO)CCO)s1. The van der Waals surface area contributed by atoms with Gasteiger partial charge >= 0.3 is 0 Å².